The minimum Gasteiger partial charge on any atom is -0.337 e. The molecule has 3 aromatic rings. The fourth-order valence-corrected chi connectivity index (χ4v) is 2.77. The van der Waals surface area contributed by atoms with Crippen molar-refractivity contribution >= 4 is 17.3 Å². The number of hydrogen-bond donors (Lipinski definition) is 2. The molecule has 0 saturated heterocycles. The summed E-state index contributed by atoms with van der Waals surface area (Å²) in [5, 5.41) is 10.6. The monoisotopic (exact) mass is 306 g/mol. The van der Waals surface area contributed by atoms with Gasteiger partial charge in [0.2, 0.25) is 0 Å². The van der Waals surface area contributed by atoms with Gasteiger partial charge in [-0.05, 0) is 26.0 Å². The Morgan fingerprint density at radius 3 is 2.74 bits per heavy atom. The molecule has 6 heteroatoms. The minimum absolute atomic E-state index is 0.739. The zero-order valence-electron chi connectivity index (χ0n) is 13.1. The quantitative estimate of drug-likeness (QED) is 0.780. The number of imidazole rings is 1. The lowest BCUT2D eigenvalue weighted by atomic mass is 10.2. The van der Waals surface area contributed by atoms with E-state index in [-0.39, 0.29) is 0 Å². The van der Waals surface area contributed by atoms with Gasteiger partial charge >= 0.3 is 0 Å². The molecule has 0 bridgehead atoms. The topological polar surface area (TPSA) is 61.8 Å². The number of nitrogens with one attached hydrogen (secondary N) is 2. The lowest BCUT2D eigenvalue weighted by Crippen LogP contribution is -2.27. The highest BCUT2D eigenvalue weighted by Crippen LogP contribution is 2.25. The van der Waals surface area contributed by atoms with Crippen molar-refractivity contribution in [2.45, 2.75) is 20.4 Å². The molecule has 2 N–H and O–H groups in total. The highest BCUT2D eigenvalue weighted by atomic mass is 15.3. The van der Waals surface area contributed by atoms with E-state index < -0.39 is 0 Å². The van der Waals surface area contributed by atoms with Gasteiger partial charge < -0.3 is 10.2 Å². The van der Waals surface area contributed by atoms with E-state index in [9.17, 15) is 0 Å². The largest absolute Gasteiger partial charge is 0.337 e. The first-order chi connectivity index (χ1) is 11.2. The minimum atomic E-state index is 0.739. The number of rotatable bonds is 3. The predicted molar refractivity (Wildman–Crippen MR) is 90.8 cm³/mol. The molecule has 0 saturated carbocycles. The molecule has 6 nitrogen and oxygen atoms in total. The summed E-state index contributed by atoms with van der Waals surface area (Å²) >= 11 is 0. The molecule has 23 heavy (non-hydrogen) atoms. The Morgan fingerprint density at radius 2 is 2.00 bits per heavy atom. The number of nitrogens with zero attached hydrogens (tertiary/aromatic N) is 4. The summed E-state index contributed by atoms with van der Waals surface area (Å²) in [7, 11) is 0. The van der Waals surface area contributed by atoms with E-state index in [0.29, 0.717) is 0 Å². The Hall–Kier alpha value is -3.02. The van der Waals surface area contributed by atoms with Gasteiger partial charge in [0.15, 0.2) is 5.82 Å². The van der Waals surface area contributed by atoms with Gasteiger partial charge in [-0.25, -0.2) is 4.98 Å². The van der Waals surface area contributed by atoms with Crippen LogP contribution in [0.3, 0.4) is 0 Å². The number of aromatic nitrogens is 4. The third-order valence-corrected chi connectivity index (χ3v) is 3.80. The van der Waals surface area contributed by atoms with E-state index in [1.807, 2.05) is 44.3 Å². The average Bonchev–Trinajstić information content (AvgIpc) is 3.13. The van der Waals surface area contributed by atoms with Gasteiger partial charge in [-0.1, -0.05) is 18.2 Å². The molecular weight excluding hydrogens is 288 g/mol. The van der Waals surface area contributed by atoms with Gasteiger partial charge in [0.25, 0.3) is 0 Å². The number of anilines is 2. The molecule has 116 valence electrons. The van der Waals surface area contributed by atoms with E-state index in [2.05, 4.69) is 48.3 Å². The Bertz CT molecular complexity index is 858. The van der Waals surface area contributed by atoms with E-state index in [1.54, 1.807) is 0 Å². The molecule has 0 spiro atoms. The maximum absolute atomic E-state index is 4.64. The molecule has 0 amide bonds. The maximum atomic E-state index is 4.64. The number of H-pyrrole nitrogens is 1. The van der Waals surface area contributed by atoms with Crippen LogP contribution in [-0.2, 0) is 6.54 Å². The van der Waals surface area contributed by atoms with Crippen LogP contribution in [0, 0.1) is 13.8 Å². The molecule has 1 aromatic carbocycles. The molecule has 4 rings (SSSR count). The normalized spacial score (nSPS) is 13.7. The van der Waals surface area contributed by atoms with Gasteiger partial charge in [-0.2, -0.15) is 5.10 Å². The Labute approximate surface area is 134 Å². The molecular formula is C17H18N6. The number of aromatic amines is 1. The molecule has 0 radical (unpaired) electrons. The van der Waals surface area contributed by atoms with Crippen LogP contribution < -0.4 is 10.2 Å². The summed E-state index contributed by atoms with van der Waals surface area (Å²) in [6.07, 6.45) is 4.13. The van der Waals surface area contributed by atoms with E-state index in [0.717, 1.165) is 41.1 Å². The highest BCUT2D eigenvalue weighted by molar-refractivity contribution is 5.68. The van der Waals surface area contributed by atoms with Crippen LogP contribution in [-0.4, -0.2) is 19.7 Å². The lowest BCUT2D eigenvalue weighted by molar-refractivity contribution is 0.805. The first-order valence-electron chi connectivity index (χ1n) is 7.57. The number of benzene rings is 1. The zero-order valence-corrected chi connectivity index (χ0v) is 13.1. The first-order valence-corrected chi connectivity index (χ1v) is 7.57. The first kappa shape index (κ1) is 13.6. The van der Waals surface area contributed by atoms with E-state index >= 15 is 0 Å². The van der Waals surface area contributed by atoms with Crippen LogP contribution in [0.25, 0.3) is 5.82 Å². The van der Waals surface area contributed by atoms with Crippen molar-refractivity contribution < 1.29 is 0 Å². The zero-order chi connectivity index (χ0) is 15.8. The fraction of sp³-hybridized carbons (Fsp3) is 0.176. The van der Waals surface area contributed by atoms with Gasteiger partial charge in [0.05, 0.1) is 12.2 Å². The van der Waals surface area contributed by atoms with Crippen molar-refractivity contribution in [2.24, 2.45) is 0 Å². The molecule has 3 heterocycles. The smallest absolute Gasteiger partial charge is 0.153 e. The molecule has 0 fully saturated rings. The molecule has 1 aliphatic rings. The van der Waals surface area contributed by atoms with Crippen LogP contribution in [0.1, 0.15) is 17.2 Å². The Balaban J connectivity index is 1.73. The third kappa shape index (κ3) is 2.59. The predicted octanol–water partition coefficient (Wildman–Crippen LogP) is 3.11. The van der Waals surface area contributed by atoms with Gasteiger partial charge in [0, 0.05) is 29.8 Å². The third-order valence-electron chi connectivity index (χ3n) is 3.80. The molecule has 2 aromatic heterocycles. The average molecular weight is 306 g/mol. The van der Waals surface area contributed by atoms with Gasteiger partial charge in [0.1, 0.15) is 11.6 Å². The second-order valence-electron chi connectivity index (χ2n) is 5.71. The van der Waals surface area contributed by atoms with Gasteiger partial charge in [-0.15, -0.1) is 0 Å². The Morgan fingerprint density at radius 1 is 1.17 bits per heavy atom. The number of para-hydroxylation sites is 1. The van der Waals surface area contributed by atoms with Crippen molar-refractivity contribution in [2.75, 3.05) is 10.2 Å². The molecule has 1 aliphatic heterocycles. The Kier molecular flexibility index (Phi) is 3.15. The summed E-state index contributed by atoms with van der Waals surface area (Å²) in [5.74, 6) is 2.73. The van der Waals surface area contributed by atoms with Gasteiger partial charge in [-0.3, -0.25) is 9.67 Å². The van der Waals surface area contributed by atoms with Crippen LogP contribution in [0.2, 0.25) is 0 Å². The van der Waals surface area contributed by atoms with Crippen LogP contribution in [0.5, 0.6) is 0 Å². The van der Waals surface area contributed by atoms with Crippen molar-refractivity contribution in [3.63, 3.8) is 0 Å². The summed E-state index contributed by atoms with van der Waals surface area (Å²) in [6.45, 7) is 4.73. The second-order valence-corrected chi connectivity index (χ2v) is 5.71. The van der Waals surface area contributed by atoms with Crippen molar-refractivity contribution in [1.82, 2.24) is 19.7 Å². The molecule has 0 unspecified atom stereocenters. The summed E-state index contributed by atoms with van der Waals surface area (Å²) in [5.41, 5.74) is 3.16. The lowest BCUT2D eigenvalue weighted by Gasteiger charge is -2.27. The van der Waals surface area contributed by atoms with E-state index in [4.69, 9.17) is 0 Å². The van der Waals surface area contributed by atoms with Crippen molar-refractivity contribution in [3.05, 3.63) is 66.0 Å². The SMILES string of the molecule is Cc1cn2c(n1)CN(c1ccccc1)C=C2Nc1cc(C)[nH]n1. The van der Waals surface area contributed by atoms with E-state index in [1.165, 1.54) is 0 Å². The molecule has 0 atom stereocenters. The van der Waals surface area contributed by atoms with Crippen molar-refractivity contribution in [3.8, 4) is 0 Å². The van der Waals surface area contributed by atoms with Crippen LogP contribution in [0.4, 0.5) is 11.5 Å². The fourth-order valence-electron chi connectivity index (χ4n) is 2.77. The van der Waals surface area contributed by atoms with Crippen molar-refractivity contribution in [1.29, 1.82) is 0 Å². The number of fused-ring (bicyclic) bond motifs is 1. The highest BCUT2D eigenvalue weighted by Gasteiger charge is 2.20. The summed E-state index contributed by atoms with van der Waals surface area (Å²) < 4.78 is 2.08. The van der Waals surface area contributed by atoms with Crippen LogP contribution in [0.15, 0.2) is 48.8 Å². The summed E-state index contributed by atoms with van der Waals surface area (Å²) in [6, 6.07) is 12.3. The number of hydrogen-bond acceptors (Lipinski definition) is 4. The number of aryl methyl sites for hydroxylation is 2. The standard InChI is InChI=1S/C17H18N6/c1-12-8-15(21-20-12)19-17-11-22(14-6-4-3-5-7-14)10-16-18-13(2)9-23(16)17/h3-9,11H,10H2,1-2H3,(H2,19,20,21). The second kappa shape index (κ2) is 5.31. The summed E-state index contributed by atoms with van der Waals surface area (Å²) in [4.78, 5) is 6.82. The maximum Gasteiger partial charge on any atom is 0.153 e. The van der Waals surface area contributed by atoms with Crippen LogP contribution >= 0.6 is 0 Å². The molecule has 0 aliphatic carbocycles.